The summed E-state index contributed by atoms with van der Waals surface area (Å²) in [5.74, 6) is 0.391. The number of nitrogens with zero attached hydrogens (tertiary/aromatic N) is 1. The van der Waals surface area contributed by atoms with Gasteiger partial charge in [0, 0.05) is 12.8 Å². The maximum Gasteiger partial charge on any atom is 0.319 e. The molecule has 1 aliphatic heterocycles. The first kappa shape index (κ1) is 13.6. The van der Waals surface area contributed by atoms with Crippen molar-refractivity contribution >= 4 is 11.7 Å². The van der Waals surface area contributed by atoms with Gasteiger partial charge in [-0.05, 0) is 31.9 Å². The zero-order chi connectivity index (χ0) is 13.7. The van der Waals surface area contributed by atoms with Crippen molar-refractivity contribution in [2.75, 3.05) is 19.0 Å². The number of amides is 2. The third-order valence-corrected chi connectivity index (χ3v) is 3.09. The summed E-state index contributed by atoms with van der Waals surface area (Å²) >= 11 is 0. The Morgan fingerprint density at radius 1 is 1.63 bits per heavy atom. The Hall–Kier alpha value is -1.82. The molecular weight excluding hydrogens is 246 g/mol. The zero-order valence-corrected chi connectivity index (χ0v) is 11.2. The van der Waals surface area contributed by atoms with Gasteiger partial charge in [0.2, 0.25) is 5.88 Å². The summed E-state index contributed by atoms with van der Waals surface area (Å²) in [7, 11) is 1.51. The first-order valence-electron chi connectivity index (χ1n) is 6.39. The van der Waals surface area contributed by atoms with Crippen molar-refractivity contribution in [2.45, 2.75) is 31.9 Å². The highest BCUT2D eigenvalue weighted by atomic mass is 16.5. The van der Waals surface area contributed by atoms with Gasteiger partial charge in [-0.25, -0.2) is 9.78 Å². The van der Waals surface area contributed by atoms with Crippen molar-refractivity contribution in [2.24, 2.45) is 0 Å². The number of pyridine rings is 1. The molecule has 1 fully saturated rings. The minimum absolute atomic E-state index is 0.0230. The van der Waals surface area contributed by atoms with Gasteiger partial charge in [-0.2, -0.15) is 0 Å². The molecular formula is C13H19N3O3. The molecule has 2 atom stereocenters. The van der Waals surface area contributed by atoms with Crippen LogP contribution in [0.2, 0.25) is 0 Å². The molecule has 2 rings (SSSR count). The predicted molar refractivity (Wildman–Crippen MR) is 71.4 cm³/mol. The fraction of sp³-hybridized carbons (Fsp3) is 0.538. The number of carbonyl (C=O) groups excluding carboxylic acids is 1. The summed E-state index contributed by atoms with van der Waals surface area (Å²) in [6.45, 7) is 2.71. The van der Waals surface area contributed by atoms with Crippen LogP contribution in [0.25, 0.3) is 0 Å². The molecule has 6 heteroatoms. The first-order chi connectivity index (χ1) is 9.20. The fourth-order valence-corrected chi connectivity index (χ4v) is 2.10. The highest BCUT2D eigenvalue weighted by Gasteiger charge is 2.23. The van der Waals surface area contributed by atoms with Gasteiger partial charge >= 0.3 is 6.03 Å². The number of carbonyl (C=O) groups is 1. The van der Waals surface area contributed by atoms with Crippen molar-refractivity contribution in [1.82, 2.24) is 10.3 Å². The molecule has 1 aromatic rings. The van der Waals surface area contributed by atoms with Crippen LogP contribution in [-0.4, -0.2) is 36.9 Å². The largest absolute Gasteiger partial charge is 0.480 e. The van der Waals surface area contributed by atoms with Gasteiger partial charge in [0.05, 0.1) is 19.3 Å². The Morgan fingerprint density at radius 2 is 2.47 bits per heavy atom. The van der Waals surface area contributed by atoms with Gasteiger partial charge in [0.1, 0.15) is 5.69 Å². The molecule has 104 valence electrons. The second-order valence-corrected chi connectivity index (χ2v) is 4.50. The summed E-state index contributed by atoms with van der Waals surface area (Å²) in [6.07, 6.45) is 3.74. The molecule has 2 N–H and O–H groups in total. The smallest absolute Gasteiger partial charge is 0.319 e. The van der Waals surface area contributed by atoms with Crippen molar-refractivity contribution in [1.29, 1.82) is 0 Å². The van der Waals surface area contributed by atoms with E-state index < -0.39 is 0 Å². The summed E-state index contributed by atoms with van der Waals surface area (Å²) < 4.78 is 10.6. The van der Waals surface area contributed by atoms with E-state index in [0.29, 0.717) is 11.6 Å². The van der Waals surface area contributed by atoms with Crippen LogP contribution >= 0.6 is 0 Å². The number of hydrogen-bond donors (Lipinski definition) is 2. The van der Waals surface area contributed by atoms with E-state index in [4.69, 9.17) is 9.47 Å². The van der Waals surface area contributed by atoms with Gasteiger partial charge in [-0.1, -0.05) is 0 Å². The van der Waals surface area contributed by atoms with Gasteiger partial charge in [-0.3, -0.25) is 0 Å². The van der Waals surface area contributed by atoms with E-state index >= 15 is 0 Å². The maximum absolute atomic E-state index is 11.9. The van der Waals surface area contributed by atoms with Crippen LogP contribution < -0.4 is 15.4 Å². The molecule has 0 unspecified atom stereocenters. The Labute approximate surface area is 112 Å². The normalized spacial score (nSPS) is 19.8. The van der Waals surface area contributed by atoms with E-state index in [2.05, 4.69) is 15.6 Å². The molecule has 0 radical (unpaired) electrons. The molecule has 0 bridgehead atoms. The molecule has 1 aliphatic rings. The van der Waals surface area contributed by atoms with E-state index in [0.717, 1.165) is 19.4 Å². The van der Waals surface area contributed by atoms with Crippen molar-refractivity contribution < 1.29 is 14.3 Å². The Balaban J connectivity index is 1.89. The van der Waals surface area contributed by atoms with Crippen LogP contribution in [0.5, 0.6) is 5.88 Å². The number of anilines is 1. The molecule has 0 saturated carbocycles. The van der Waals surface area contributed by atoms with Crippen LogP contribution in [-0.2, 0) is 4.74 Å². The lowest BCUT2D eigenvalue weighted by Gasteiger charge is -2.20. The maximum atomic E-state index is 11.9. The van der Waals surface area contributed by atoms with Crippen LogP contribution in [0.3, 0.4) is 0 Å². The summed E-state index contributed by atoms with van der Waals surface area (Å²) in [5.41, 5.74) is 0.544. The van der Waals surface area contributed by atoms with Crippen molar-refractivity contribution in [3.8, 4) is 5.88 Å². The van der Waals surface area contributed by atoms with Crippen molar-refractivity contribution in [3.63, 3.8) is 0 Å². The molecule has 0 aliphatic carbocycles. The number of aromatic nitrogens is 1. The summed E-state index contributed by atoms with van der Waals surface area (Å²) in [4.78, 5) is 15.9. The van der Waals surface area contributed by atoms with Crippen LogP contribution in [0.4, 0.5) is 10.5 Å². The fourth-order valence-electron chi connectivity index (χ4n) is 2.10. The van der Waals surface area contributed by atoms with Crippen LogP contribution in [0.1, 0.15) is 19.8 Å². The van der Waals surface area contributed by atoms with E-state index in [1.54, 1.807) is 18.3 Å². The highest BCUT2D eigenvalue weighted by molar-refractivity contribution is 5.90. The standard InChI is InChI=1S/C13H19N3O3/c1-9(11-6-4-8-19-11)15-13(17)16-10-5-3-7-14-12(10)18-2/h3,5,7,9,11H,4,6,8H2,1-2H3,(H2,15,16,17)/t9-,11-/m0/s1. The second kappa shape index (κ2) is 6.38. The molecule has 0 aromatic carbocycles. The molecule has 1 aromatic heterocycles. The average Bonchev–Trinajstić information content (AvgIpc) is 2.93. The van der Waals surface area contributed by atoms with Crippen molar-refractivity contribution in [3.05, 3.63) is 18.3 Å². The number of methoxy groups -OCH3 is 1. The Morgan fingerprint density at radius 3 is 3.16 bits per heavy atom. The van der Waals surface area contributed by atoms with Gasteiger partial charge < -0.3 is 20.1 Å². The average molecular weight is 265 g/mol. The third-order valence-electron chi connectivity index (χ3n) is 3.09. The molecule has 0 spiro atoms. The van der Waals surface area contributed by atoms with E-state index in [1.165, 1.54) is 7.11 Å². The quantitative estimate of drug-likeness (QED) is 0.870. The molecule has 2 amide bonds. The molecule has 1 saturated heterocycles. The van der Waals surface area contributed by atoms with Gasteiger partial charge in [-0.15, -0.1) is 0 Å². The Bertz CT molecular complexity index is 433. The topological polar surface area (TPSA) is 72.5 Å². The lowest BCUT2D eigenvalue weighted by atomic mass is 10.1. The number of rotatable bonds is 4. The monoisotopic (exact) mass is 265 g/mol. The predicted octanol–water partition coefficient (Wildman–Crippen LogP) is 1.78. The third kappa shape index (κ3) is 3.57. The molecule has 6 nitrogen and oxygen atoms in total. The number of hydrogen-bond acceptors (Lipinski definition) is 4. The lowest BCUT2D eigenvalue weighted by molar-refractivity contribution is 0.0868. The number of ether oxygens (including phenoxy) is 2. The van der Waals surface area contributed by atoms with Crippen LogP contribution in [0.15, 0.2) is 18.3 Å². The van der Waals surface area contributed by atoms with Gasteiger partial charge in [0.15, 0.2) is 0 Å². The summed E-state index contributed by atoms with van der Waals surface area (Å²) in [6, 6.07) is 3.17. The van der Waals surface area contributed by atoms with E-state index in [1.807, 2.05) is 6.92 Å². The van der Waals surface area contributed by atoms with E-state index in [-0.39, 0.29) is 18.2 Å². The second-order valence-electron chi connectivity index (χ2n) is 4.50. The van der Waals surface area contributed by atoms with E-state index in [9.17, 15) is 4.79 Å². The summed E-state index contributed by atoms with van der Waals surface area (Å²) in [5, 5.41) is 5.59. The van der Waals surface area contributed by atoms with Crippen LogP contribution in [0, 0.1) is 0 Å². The highest BCUT2D eigenvalue weighted by Crippen LogP contribution is 2.20. The molecule has 2 heterocycles. The molecule has 19 heavy (non-hydrogen) atoms. The lowest BCUT2D eigenvalue weighted by Crippen LogP contribution is -2.43. The Kier molecular flexibility index (Phi) is 4.57. The minimum Gasteiger partial charge on any atom is -0.480 e. The number of nitrogens with one attached hydrogen (secondary N) is 2. The zero-order valence-electron chi connectivity index (χ0n) is 11.2. The first-order valence-corrected chi connectivity index (χ1v) is 6.39. The SMILES string of the molecule is COc1ncccc1NC(=O)N[C@@H](C)[C@@H]1CCCO1. The number of urea groups is 1. The van der Waals surface area contributed by atoms with Gasteiger partial charge in [0.25, 0.3) is 0 Å². The minimum atomic E-state index is -0.283.